The highest BCUT2D eigenvalue weighted by atomic mass is 16.1. The van der Waals surface area contributed by atoms with Crippen molar-refractivity contribution in [3.8, 4) is 22.5 Å². The zero-order valence-corrected chi connectivity index (χ0v) is 17.8. The first kappa shape index (κ1) is 19.8. The van der Waals surface area contributed by atoms with Crippen LogP contribution in [0.1, 0.15) is 25.2 Å². The maximum Gasteiger partial charge on any atom is 0.279 e. The van der Waals surface area contributed by atoms with E-state index in [2.05, 4.69) is 0 Å². The van der Waals surface area contributed by atoms with Gasteiger partial charge in [-0.1, -0.05) is 36.4 Å². The van der Waals surface area contributed by atoms with Crippen LogP contribution in [0.15, 0.2) is 70.3 Å². The Labute approximate surface area is 175 Å². The Morgan fingerprint density at radius 2 is 0.933 bits per heavy atom. The molecule has 2 aromatic carbocycles. The Balaban J connectivity index is 2.06. The van der Waals surface area contributed by atoms with Crippen molar-refractivity contribution in [1.29, 1.82) is 0 Å². The van der Waals surface area contributed by atoms with Crippen molar-refractivity contribution in [3.05, 3.63) is 92.8 Å². The van der Waals surface area contributed by atoms with Gasteiger partial charge in [-0.05, 0) is 52.0 Å². The number of hydrogen-bond acceptors (Lipinski definition) is 2. The summed E-state index contributed by atoms with van der Waals surface area (Å²) in [5.41, 5.74) is 3.76. The molecular formula is C24H26N4O2. The first-order valence-corrected chi connectivity index (χ1v) is 10.3. The van der Waals surface area contributed by atoms with E-state index in [-0.39, 0.29) is 11.1 Å². The van der Waals surface area contributed by atoms with Crippen LogP contribution in [0.5, 0.6) is 0 Å². The second-order valence-electron chi connectivity index (χ2n) is 7.26. The van der Waals surface area contributed by atoms with Crippen LogP contribution in [-0.4, -0.2) is 18.7 Å². The fourth-order valence-electron chi connectivity index (χ4n) is 4.28. The van der Waals surface area contributed by atoms with E-state index >= 15 is 0 Å². The van der Waals surface area contributed by atoms with Gasteiger partial charge in [-0.15, -0.1) is 0 Å². The minimum absolute atomic E-state index is 0.172. The first-order valence-electron chi connectivity index (χ1n) is 10.3. The lowest BCUT2D eigenvalue weighted by Crippen LogP contribution is -2.23. The molecular weight excluding hydrogens is 376 g/mol. The van der Waals surface area contributed by atoms with Gasteiger partial charge in [0.15, 0.2) is 0 Å². The van der Waals surface area contributed by atoms with Gasteiger partial charge in [0.1, 0.15) is 0 Å². The Kier molecular flexibility index (Phi) is 5.08. The second-order valence-corrected chi connectivity index (χ2v) is 7.26. The molecule has 30 heavy (non-hydrogen) atoms. The first-order chi connectivity index (χ1) is 14.5. The number of para-hydroxylation sites is 2. The Bertz CT molecular complexity index is 1200. The number of hydrogen-bond donors (Lipinski definition) is 0. The third-order valence-electron chi connectivity index (χ3n) is 5.64. The van der Waals surface area contributed by atoms with Crippen LogP contribution in [0.25, 0.3) is 22.5 Å². The highest BCUT2D eigenvalue weighted by molar-refractivity contribution is 5.68. The topological polar surface area (TPSA) is 53.9 Å². The maximum atomic E-state index is 13.6. The van der Waals surface area contributed by atoms with Crippen molar-refractivity contribution in [1.82, 2.24) is 18.7 Å². The maximum absolute atomic E-state index is 13.6. The summed E-state index contributed by atoms with van der Waals surface area (Å²) in [4.78, 5) is 27.2. The van der Waals surface area contributed by atoms with E-state index in [0.717, 1.165) is 22.8 Å². The summed E-state index contributed by atoms with van der Waals surface area (Å²) in [7, 11) is 0. The van der Waals surface area contributed by atoms with E-state index in [9.17, 15) is 9.59 Å². The molecule has 0 aliphatic carbocycles. The summed E-state index contributed by atoms with van der Waals surface area (Å²) >= 11 is 0. The van der Waals surface area contributed by atoms with Gasteiger partial charge in [-0.2, -0.15) is 0 Å². The average molecular weight is 402 g/mol. The SMILES string of the molecule is CCn1c(C)c(-c2c(C)n(CC)n(-c3ccccc3)c2=O)c(=O)n1-c1ccccc1. The van der Waals surface area contributed by atoms with Crippen LogP contribution >= 0.6 is 0 Å². The number of rotatable bonds is 5. The Morgan fingerprint density at radius 1 is 0.600 bits per heavy atom. The molecule has 0 amide bonds. The van der Waals surface area contributed by atoms with Crippen molar-refractivity contribution < 1.29 is 0 Å². The molecule has 2 heterocycles. The third-order valence-corrected chi connectivity index (χ3v) is 5.64. The molecule has 4 aromatic rings. The van der Waals surface area contributed by atoms with Crippen LogP contribution < -0.4 is 11.1 Å². The lowest BCUT2D eigenvalue weighted by Gasteiger charge is -2.11. The van der Waals surface area contributed by atoms with E-state index < -0.39 is 0 Å². The molecule has 154 valence electrons. The molecule has 0 aliphatic heterocycles. The number of aromatic nitrogens is 4. The third kappa shape index (κ3) is 2.87. The van der Waals surface area contributed by atoms with Gasteiger partial charge >= 0.3 is 0 Å². The fraction of sp³-hybridized carbons (Fsp3) is 0.250. The van der Waals surface area contributed by atoms with Crippen molar-refractivity contribution in [2.75, 3.05) is 0 Å². The van der Waals surface area contributed by atoms with Crippen molar-refractivity contribution >= 4 is 0 Å². The largest absolute Gasteiger partial charge is 0.282 e. The van der Waals surface area contributed by atoms with Crippen molar-refractivity contribution in [2.45, 2.75) is 40.8 Å². The van der Waals surface area contributed by atoms with Gasteiger partial charge in [0, 0.05) is 24.5 Å². The summed E-state index contributed by atoms with van der Waals surface area (Å²) in [6.45, 7) is 9.07. The zero-order valence-electron chi connectivity index (χ0n) is 17.8. The van der Waals surface area contributed by atoms with Gasteiger partial charge in [-0.25, -0.2) is 9.36 Å². The Morgan fingerprint density at radius 3 is 1.23 bits per heavy atom. The minimum atomic E-state index is -0.172. The molecule has 0 aliphatic rings. The monoisotopic (exact) mass is 402 g/mol. The normalized spacial score (nSPS) is 11.2. The summed E-state index contributed by atoms with van der Waals surface area (Å²) in [5.74, 6) is 0. The van der Waals surface area contributed by atoms with Gasteiger partial charge in [-0.3, -0.25) is 19.0 Å². The predicted molar refractivity (Wildman–Crippen MR) is 120 cm³/mol. The molecule has 0 spiro atoms. The molecule has 0 radical (unpaired) electrons. The molecule has 0 atom stereocenters. The summed E-state index contributed by atoms with van der Waals surface area (Å²) in [5, 5.41) is 0. The van der Waals surface area contributed by atoms with Gasteiger partial charge < -0.3 is 0 Å². The van der Waals surface area contributed by atoms with E-state index in [1.807, 2.05) is 97.7 Å². The van der Waals surface area contributed by atoms with E-state index in [1.165, 1.54) is 0 Å². The van der Waals surface area contributed by atoms with Crippen molar-refractivity contribution in [3.63, 3.8) is 0 Å². The molecule has 0 saturated heterocycles. The van der Waals surface area contributed by atoms with Crippen LogP contribution in [0.2, 0.25) is 0 Å². The molecule has 0 fully saturated rings. The predicted octanol–water partition coefficient (Wildman–Crippen LogP) is 3.92. The second kappa shape index (κ2) is 7.71. The fourth-order valence-corrected chi connectivity index (χ4v) is 4.28. The minimum Gasteiger partial charge on any atom is -0.282 e. The van der Waals surface area contributed by atoms with Crippen LogP contribution in [0, 0.1) is 13.8 Å². The molecule has 0 saturated carbocycles. The quantitative estimate of drug-likeness (QED) is 0.508. The highest BCUT2D eigenvalue weighted by Gasteiger charge is 2.26. The molecule has 0 unspecified atom stereocenters. The molecule has 6 heteroatoms. The molecule has 0 bridgehead atoms. The lowest BCUT2D eigenvalue weighted by atomic mass is 10.1. The summed E-state index contributed by atoms with van der Waals surface area (Å²) in [6, 6.07) is 19.1. The molecule has 4 rings (SSSR count). The smallest absolute Gasteiger partial charge is 0.279 e. The van der Waals surface area contributed by atoms with E-state index in [0.29, 0.717) is 24.2 Å². The Hall–Kier alpha value is -3.54. The van der Waals surface area contributed by atoms with E-state index in [1.54, 1.807) is 9.36 Å². The molecule has 2 aromatic heterocycles. The van der Waals surface area contributed by atoms with Gasteiger partial charge in [0.2, 0.25) is 0 Å². The summed E-state index contributed by atoms with van der Waals surface area (Å²) in [6.07, 6.45) is 0. The molecule has 6 nitrogen and oxygen atoms in total. The molecule has 0 N–H and O–H groups in total. The average Bonchev–Trinajstić information content (AvgIpc) is 3.17. The summed E-state index contributed by atoms with van der Waals surface area (Å²) < 4.78 is 7.20. The zero-order chi connectivity index (χ0) is 21.4. The lowest BCUT2D eigenvalue weighted by molar-refractivity contribution is 0.559. The van der Waals surface area contributed by atoms with Crippen LogP contribution in [-0.2, 0) is 13.1 Å². The number of nitrogens with zero attached hydrogens (tertiary/aromatic N) is 4. The van der Waals surface area contributed by atoms with Crippen LogP contribution in [0.3, 0.4) is 0 Å². The van der Waals surface area contributed by atoms with Crippen molar-refractivity contribution in [2.24, 2.45) is 0 Å². The van der Waals surface area contributed by atoms with Gasteiger partial charge in [0.05, 0.1) is 22.5 Å². The standard InChI is InChI=1S/C24H26N4O2/c1-5-25-17(3)21(23(29)27(25)19-13-9-7-10-14-19)22-18(4)26(6-2)28(24(22)30)20-15-11-8-12-16-20/h7-16H,5-6H2,1-4H3. The van der Waals surface area contributed by atoms with E-state index in [4.69, 9.17) is 0 Å². The highest BCUT2D eigenvalue weighted by Crippen LogP contribution is 2.24. The van der Waals surface area contributed by atoms with Crippen LogP contribution in [0.4, 0.5) is 0 Å². The van der Waals surface area contributed by atoms with Gasteiger partial charge in [0.25, 0.3) is 11.1 Å². The number of benzene rings is 2.